The van der Waals surface area contributed by atoms with Crippen molar-refractivity contribution >= 4 is 22.8 Å². The minimum absolute atomic E-state index is 0.844. The van der Waals surface area contributed by atoms with Crippen LogP contribution in [0.4, 0.5) is 0 Å². The fourth-order valence-electron chi connectivity index (χ4n) is 3.20. The molecule has 0 saturated carbocycles. The maximum atomic E-state index is 4.82. The highest BCUT2D eigenvalue weighted by Crippen LogP contribution is 2.23. The number of rotatable bonds is 5. The maximum absolute atomic E-state index is 4.82. The number of nitrogens with zero attached hydrogens (tertiary/aromatic N) is 2. The number of hydrogen-bond donors (Lipinski definition) is 0. The van der Waals surface area contributed by atoms with Gasteiger partial charge in [0.1, 0.15) is 5.82 Å². The van der Waals surface area contributed by atoms with E-state index in [4.69, 9.17) is 4.98 Å². The minimum Gasteiger partial charge on any atom is -0.323 e. The number of para-hydroxylation sites is 2. The van der Waals surface area contributed by atoms with Crippen LogP contribution in [0.5, 0.6) is 0 Å². The van der Waals surface area contributed by atoms with Gasteiger partial charge in [-0.05, 0) is 41.1 Å². The van der Waals surface area contributed by atoms with Crippen LogP contribution in [0.15, 0.2) is 78.9 Å². The van der Waals surface area contributed by atoms with Gasteiger partial charge in [0.15, 0.2) is 0 Å². The lowest BCUT2D eigenvalue weighted by Gasteiger charge is -2.10. The molecule has 0 radical (unpaired) electrons. The first kappa shape index (κ1) is 16.0. The van der Waals surface area contributed by atoms with Gasteiger partial charge in [0.25, 0.3) is 0 Å². The third-order valence-electron chi connectivity index (χ3n) is 4.38. The van der Waals surface area contributed by atoms with E-state index in [1.165, 1.54) is 22.2 Å². The van der Waals surface area contributed by atoms with Crippen molar-refractivity contribution < 1.29 is 0 Å². The monoisotopic (exact) mass is 344 g/mol. The number of imidazole rings is 1. The van der Waals surface area contributed by atoms with Crippen molar-refractivity contribution in [3.8, 4) is 11.1 Å². The van der Waals surface area contributed by atoms with Crippen LogP contribution in [0.3, 0.4) is 0 Å². The molecule has 25 heavy (non-hydrogen) atoms. The quantitative estimate of drug-likeness (QED) is 0.468. The molecule has 1 heterocycles. The van der Waals surface area contributed by atoms with Crippen molar-refractivity contribution in [1.82, 2.24) is 9.55 Å². The van der Waals surface area contributed by atoms with E-state index in [-0.39, 0.29) is 0 Å². The molecule has 0 fully saturated rings. The van der Waals surface area contributed by atoms with E-state index in [0.717, 1.165) is 23.6 Å². The topological polar surface area (TPSA) is 17.8 Å². The Morgan fingerprint density at radius 3 is 2.44 bits per heavy atom. The van der Waals surface area contributed by atoms with E-state index in [2.05, 4.69) is 89.7 Å². The summed E-state index contributed by atoms with van der Waals surface area (Å²) in [5.74, 6) is 2.06. The second-order valence-corrected chi connectivity index (χ2v) is 6.97. The summed E-state index contributed by atoms with van der Waals surface area (Å²) in [5.41, 5.74) is 6.09. The maximum Gasteiger partial charge on any atom is 0.120 e. The molecule has 0 atom stereocenters. The third-order valence-corrected chi connectivity index (χ3v) is 4.93. The average Bonchev–Trinajstić information content (AvgIpc) is 3.00. The van der Waals surface area contributed by atoms with Gasteiger partial charge in [0.05, 0.1) is 16.8 Å². The van der Waals surface area contributed by atoms with Gasteiger partial charge in [-0.3, -0.25) is 0 Å². The first-order valence-corrected chi connectivity index (χ1v) is 9.82. The molecular weight excluding hydrogens is 324 g/mol. The van der Waals surface area contributed by atoms with E-state index in [9.17, 15) is 0 Å². The number of benzene rings is 3. The molecule has 4 aromatic rings. The summed E-state index contributed by atoms with van der Waals surface area (Å²) in [4.78, 5) is 4.82. The summed E-state index contributed by atoms with van der Waals surface area (Å²) < 4.78 is 2.34. The van der Waals surface area contributed by atoms with Crippen molar-refractivity contribution in [3.63, 3.8) is 0 Å². The molecule has 0 spiro atoms. The molecule has 2 nitrogen and oxygen atoms in total. The van der Waals surface area contributed by atoms with Crippen molar-refractivity contribution in [1.29, 1.82) is 0 Å². The van der Waals surface area contributed by atoms with E-state index >= 15 is 0 Å². The second-order valence-electron chi connectivity index (χ2n) is 6.10. The van der Waals surface area contributed by atoms with Crippen molar-refractivity contribution in [2.75, 3.05) is 6.26 Å². The number of aromatic nitrogens is 2. The number of hydrogen-bond acceptors (Lipinski definition) is 2. The van der Waals surface area contributed by atoms with Crippen LogP contribution in [0.1, 0.15) is 11.4 Å². The SMILES string of the molecule is CSCc1nc2ccccc2n1Cc1cccc(-c2ccccc2)c1. The van der Waals surface area contributed by atoms with Crippen LogP contribution in [-0.2, 0) is 12.3 Å². The van der Waals surface area contributed by atoms with Gasteiger partial charge in [0, 0.05) is 6.54 Å². The van der Waals surface area contributed by atoms with Gasteiger partial charge >= 0.3 is 0 Å². The predicted molar refractivity (Wildman–Crippen MR) is 108 cm³/mol. The second kappa shape index (κ2) is 7.16. The van der Waals surface area contributed by atoms with Crippen LogP contribution >= 0.6 is 11.8 Å². The highest BCUT2D eigenvalue weighted by molar-refractivity contribution is 7.97. The van der Waals surface area contributed by atoms with Crippen molar-refractivity contribution in [2.24, 2.45) is 0 Å². The molecule has 3 aromatic carbocycles. The number of fused-ring (bicyclic) bond motifs is 1. The van der Waals surface area contributed by atoms with Crippen LogP contribution in [-0.4, -0.2) is 15.8 Å². The minimum atomic E-state index is 0.844. The Labute approximate surface area is 152 Å². The molecule has 1 aromatic heterocycles. The largest absolute Gasteiger partial charge is 0.323 e. The summed E-state index contributed by atoms with van der Waals surface area (Å²) in [6, 6.07) is 27.7. The Kier molecular flexibility index (Phi) is 4.57. The van der Waals surface area contributed by atoms with Gasteiger partial charge in [-0.2, -0.15) is 11.8 Å². The molecule has 0 N–H and O–H groups in total. The molecule has 0 aliphatic rings. The Morgan fingerprint density at radius 2 is 1.60 bits per heavy atom. The smallest absolute Gasteiger partial charge is 0.120 e. The fraction of sp³-hybridized carbons (Fsp3) is 0.136. The van der Waals surface area contributed by atoms with Gasteiger partial charge in [-0.25, -0.2) is 4.98 Å². The molecule has 0 amide bonds. The van der Waals surface area contributed by atoms with Crippen LogP contribution in [0.2, 0.25) is 0 Å². The Morgan fingerprint density at radius 1 is 0.840 bits per heavy atom. The summed E-state index contributed by atoms with van der Waals surface area (Å²) in [5, 5.41) is 0. The zero-order valence-corrected chi connectivity index (χ0v) is 15.0. The lowest BCUT2D eigenvalue weighted by molar-refractivity contribution is 0.781. The van der Waals surface area contributed by atoms with Crippen molar-refractivity contribution in [3.05, 3.63) is 90.3 Å². The van der Waals surface area contributed by atoms with E-state index in [0.29, 0.717) is 0 Å². The Balaban J connectivity index is 1.73. The lowest BCUT2D eigenvalue weighted by Crippen LogP contribution is -2.04. The zero-order chi connectivity index (χ0) is 17.1. The van der Waals surface area contributed by atoms with Gasteiger partial charge in [-0.15, -0.1) is 0 Å². The number of thioether (sulfide) groups is 1. The van der Waals surface area contributed by atoms with Gasteiger partial charge in [0.2, 0.25) is 0 Å². The van der Waals surface area contributed by atoms with Crippen LogP contribution in [0, 0.1) is 0 Å². The lowest BCUT2D eigenvalue weighted by atomic mass is 10.0. The normalized spacial score (nSPS) is 11.1. The summed E-state index contributed by atoms with van der Waals surface area (Å²) in [6.45, 7) is 0.844. The molecule has 0 saturated heterocycles. The molecule has 3 heteroatoms. The summed E-state index contributed by atoms with van der Waals surface area (Å²) >= 11 is 1.81. The third kappa shape index (κ3) is 3.33. The van der Waals surface area contributed by atoms with E-state index in [1.54, 1.807) is 0 Å². The Bertz CT molecular complexity index is 989. The molecule has 0 bridgehead atoms. The van der Waals surface area contributed by atoms with Crippen LogP contribution < -0.4 is 0 Å². The van der Waals surface area contributed by atoms with Gasteiger partial charge in [-0.1, -0.05) is 60.7 Å². The Hall–Kier alpha value is -2.52. The van der Waals surface area contributed by atoms with E-state index < -0.39 is 0 Å². The van der Waals surface area contributed by atoms with Crippen molar-refractivity contribution in [2.45, 2.75) is 12.3 Å². The summed E-state index contributed by atoms with van der Waals surface area (Å²) in [6.07, 6.45) is 2.12. The highest BCUT2D eigenvalue weighted by Gasteiger charge is 2.10. The molecule has 0 aliphatic carbocycles. The molecule has 4 rings (SSSR count). The average molecular weight is 344 g/mol. The highest BCUT2D eigenvalue weighted by atomic mass is 32.2. The molecular formula is C22H20N2S. The van der Waals surface area contributed by atoms with Gasteiger partial charge < -0.3 is 4.57 Å². The molecule has 124 valence electrons. The molecule has 0 unspecified atom stereocenters. The first-order valence-electron chi connectivity index (χ1n) is 8.42. The summed E-state index contributed by atoms with van der Waals surface area (Å²) in [7, 11) is 0. The first-order chi connectivity index (χ1) is 12.3. The predicted octanol–water partition coefficient (Wildman–Crippen LogP) is 5.61. The zero-order valence-electron chi connectivity index (χ0n) is 14.2. The van der Waals surface area contributed by atoms with E-state index in [1.807, 2.05) is 11.8 Å². The molecule has 0 aliphatic heterocycles. The standard InChI is InChI=1S/C22H20N2S/c1-25-16-22-23-20-12-5-6-13-21(20)24(22)15-17-8-7-11-19(14-17)18-9-3-2-4-10-18/h2-14H,15-16H2,1H3. The van der Waals surface area contributed by atoms with Crippen LogP contribution in [0.25, 0.3) is 22.2 Å². The fourth-order valence-corrected chi connectivity index (χ4v) is 3.68.